The lowest BCUT2D eigenvalue weighted by Crippen LogP contribution is -2.48. The molecule has 1 saturated carbocycles. The fourth-order valence-electron chi connectivity index (χ4n) is 4.21. The van der Waals surface area contributed by atoms with Crippen molar-refractivity contribution < 1.29 is 13.9 Å². The first kappa shape index (κ1) is 19.5. The number of piperidine rings is 1. The Hall–Kier alpha value is -3.42. The lowest BCUT2D eigenvalue weighted by molar-refractivity contribution is 0.0503. The number of fused-ring (bicyclic) bond motifs is 1. The molecule has 7 nitrogen and oxygen atoms in total. The highest BCUT2D eigenvalue weighted by Gasteiger charge is 2.47. The lowest BCUT2D eigenvalue weighted by Gasteiger charge is -2.35. The van der Waals surface area contributed by atoms with E-state index in [0.717, 1.165) is 24.7 Å². The molecule has 5 rings (SSSR count). The molecule has 0 N–H and O–H groups in total. The summed E-state index contributed by atoms with van der Waals surface area (Å²) in [5.74, 6) is 1.43. The summed E-state index contributed by atoms with van der Waals surface area (Å²) < 4.78 is 18.9. The van der Waals surface area contributed by atoms with Gasteiger partial charge in [0.1, 0.15) is 18.1 Å². The molecule has 0 aromatic carbocycles. The summed E-state index contributed by atoms with van der Waals surface area (Å²) in [6.07, 6.45) is 6.43. The molecule has 3 aromatic heterocycles. The highest BCUT2D eigenvalue weighted by Crippen LogP contribution is 2.47. The minimum absolute atomic E-state index is 0.102. The van der Waals surface area contributed by atoms with E-state index in [2.05, 4.69) is 19.9 Å². The molecular weight excluding hydrogens is 397 g/mol. The van der Waals surface area contributed by atoms with Crippen molar-refractivity contribution in [2.45, 2.75) is 25.8 Å². The number of nitrogens with zero attached hydrogens (tertiary/aromatic N) is 5. The smallest absolute Gasteiger partial charge is 0.273 e. The van der Waals surface area contributed by atoms with Crippen LogP contribution in [0.1, 0.15) is 29.0 Å². The van der Waals surface area contributed by atoms with Crippen LogP contribution < -0.4 is 4.74 Å². The van der Waals surface area contributed by atoms with Crippen molar-refractivity contribution in [3.05, 3.63) is 66.1 Å². The zero-order valence-corrected chi connectivity index (χ0v) is 17.1. The minimum Gasteiger partial charge on any atom is -0.475 e. The summed E-state index contributed by atoms with van der Waals surface area (Å²) in [5.41, 5.74) is 1.73. The van der Waals surface area contributed by atoms with Gasteiger partial charge in [0.15, 0.2) is 5.82 Å². The molecule has 1 aliphatic heterocycles. The van der Waals surface area contributed by atoms with Crippen LogP contribution in [0.5, 0.6) is 5.88 Å². The van der Waals surface area contributed by atoms with Crippen LogP contribution in [0.15, 0.2) is 48.9 Å². The third-order valence-corrected chi connectivity index (χ3v) is 5.94. The molecule has 2 fully saturated rings. The number of hydrogen-bond donors (Lipinski definition) is 0. The Kier molecular flexibility index (Phi) is 5.05. The molecule has 158 valence electrons. The fourth-order valence-corrected chi connectivity index (χ4v) is 4.21. The van der Waals surface area contributed by atoms with Gasteiger partial charge in [0.2, 0.25) is 5.88 Å². The Balaban J connectivity index is 1.41. The molecule has 8 heteroatoms. The number of amides is 1. The second kappa shape index (κ2) is 8.02. The number of aryl methyl sites for hydroxylation is 1. The number of halogens is 1. The average molecular weight is 419 g/mol. The first-order valence-electron chi connectivity index (χ1n) is 10.4. The maximum atomic E-state index is 13.7. The van der Waals surface area contributed by atoms with E-state index in [-0.39, 0.29) is 11.9 Å². The molecule has 3 atom stereocenters. The van der Waals surface area contributed by atoms with E-state index in [4.69, 9.17) is 4.74 Å². The molecule has 0 spiro atoms. The van der Waals surface area contributed by atoms with Crippen molar-refractivity contribution in [1.29, 1.82) is 0 Å². The summed E-state index contributed by atoms with van der Waals surface area (Å²) in [6, 6.07) is 8.15. The van der Waals surface area contributed by atoms with Crippen LogP contribution in [-0.4, -0.2) is 49.9 Å². The monoisotopic (exact) mass is 419 g/mol. The van der Waals surface area contributed by atoms with Crippen molar-refractivity contribution >= 4 is 5.91 Å². The van der Waals surface area contributed by atoms with Crippen LogP contribution in [0.2, 0.25) is 0 Å². The maximum Gasteiger partial charge on any atom is 0.273 e. The van der Waals surface area contributed by atoms with Gasteiger partial charge in [-0.1, -0.05) is 0 Å². The Morgan fingerprint density at radius 3 is 2.74 bits per heavy atom. The zero-order chi connectivity index (χ0) is 21.4. The van der Waals surface area contributed by atoms with Gasteiger partial charge in [-0.15, -0.1) is 0 Å². The van der Waals surface area contributed by atoms with E-state index in [0.29, 0.717) is 47.9 Å². The van der Waals surface area contributed by atoms with E-state index >= 15 is 0 Å². The number of pyridine rings is 2. The van der Waals surface area contributed by atoms with Crippen LogP contribution in [0.25, 0.3) is 11.4 Å². The summed E-state index contributed by atoms with van der Waals surface area (Å²) in [5, 5.41) is 0. The third kappa shape index (κ3) is 4.10. The number of ether oxygens (including phenoxy) is 1. The molecule has 1 amide bonds. The predicted molar refractivity (Wildman–Crippen MR) is 111 cm³/mol. The minimum atomic E-state index is -0.413. The van der Waals surface area contributed by atoms with Gasteiger partial charge in [-0.05, 0) is 55.9 Å². The molecule has 0 radical (unpaired) electrons. The average Bonchev–Trinajstić information content (AvgIpc) is 3.56. The number of rotatable bonds is 5. The molecule has 4 heterocycles. The van der Waals surface area contributed by atoms with Crippen molar-refractivity contribution in [2.24, 2.45) is 11.8 Å². The third-order valence-electron chi connectivity index (χ3n) is 5.94. The molecule has 1 unspecified atom stereocenters. The van der Waals surface area contributed by atoms with Gasteiger partial charge < -0.3 is 9.64 Å². The molecule has 1 saturated heterocycles. The molecule has 2 aliphatic rings. The van der Waals surface area contributed by atoms with E-state index in [1.807, 2.05) is 24.0 Å². The Labute approximate surface area is 179 Å². The van der Waals surface area contributed by atoms with Gasteiger partial charge in [-0.2, -0.15) is 0 Å². The van der Waals surface area contributed by atoms with Crippen molar-refractivity contribution in [2.75, 3.05) is 13.2 Å². The number of hydrogen-bond acceptors (Lipinski definition) is 6. The topological polar surface area (TPSA) is 81.1 Å². The van der Waals surface area contributed by atoms with Crippen LogP contribution in [0.4, 0.5) is 4.39 Å². The van der Waals surface area contributed by atoms with Gasteiger partial charge in [0.05, 0.1) is 17.8 Å². The summed E-state index contributed by atoms with van der Waals surface area (Å²) in [7, 11) is 0. The van der Waals surface area contributed by atoms with Crippen LogP contribution >= 0.6 is 0 Å². The van der Waals surface area contributed by atoms with E-state index in [9.17, 15) is 9.18 Å². The largest absolute Gasteiger partial charge is 0.475 e. The van der Waals surface area contributed by atoms with Gasteiger partial charge >= 0.3 is 0 Å². The Morgan fingerprint density at radius 1 is 1.13 bits per heavy atom. The second-order valence-corrected chi connectivity index (χ2v) is 8.15. The Morgan fingerprint density at radius 2 is 1.97 bits per heavy atom. The quantitative estimate of drug-likeness (QED) is 0.631. The van der Waals surface area contributed by atoms with Gasteiger partial charge in [-0.3, -0.25) is 4.79 Å². The lowest BCUT2D eigenvalue weighted by atomic mass is 10.0. The zero-order valence-electron chi connectivity index (χ0n) is 17.1. The van der Waals surface area contributed by atoms with E-state index in [1.54, 1.807) is 18.5 Å². The summed E-state index contributed by atoms with van der Waals surface area (Å²) >= 11 is 0. The first-order valence-corrected chi connectivity index (χ1v) is 10.4. The first-order chi connectivity index (χ1) is 15.1. The Bertz CT molecular complexity index is 1090. The van der Waals surface area contributed by atoms with Gasteiger partial charge in [0, 0.05) is 30.7 Å². The van der Waals surface area contributed by atoms with Crippen molar-refractivity contribution in [1.82, 2.24) is 24.8 Å². The number of carbonyl (C=O) groups is 1. The second-order valence-electron chi connectivity index (χ2n) is 8.15. The maximum absolute atomic E-state index is 13.7. The van der Waals surface area contributed by atoms with Gasteiger partial charge in [-0.25, -0.2) is 24.3 Å². The standard InChI is InChI=1S/C23H22FN5O2/c1-14-3-5-19(22-25-7-2-8-26-22)21(28-14)23(30)29-12-16-9-15(16)10-18(29)13-31-20-6-4-17(24)11-27-20/h2-8,11,15-16,18H,9-10,12-13H2,1H3/t15-,16?,18+/m1/s1. The number of carbonyl (C=O) groups excluding carboxylic acids is 1. The molecule has 31 heavy (non-hydrogen) atoms. The van der Waals surface area contributed by atoms with E-state index in [1.165, 1.54) is 12.1 Å². The molecule has 1 aliphatic carbocycles. The fraction of sp³-hybridized carbons (Fsp3) is 0.348. The van der Waals surface area contributed by atoms with Crippen LogP contribution in [0, 0.1) is 24.6 Å². The number of aromatic nitrogens is 4. The predicted octanol–water partition coefficient (Wildman–Crippen LogP) is 3.31. The molecular formula is C23H22FN5O2. The highest BCUT2D eigenvalue weighted by atomic mass is 19.1. The van der Waals surface area contributed by atoms with Crippen LogP contribution in [-0.2, 0) is 0 Å². The van der Waals surface area contributed by atoms with Crippen molar-refractivity contribution in [3.63, 3.8) is 0 Å². The molecule has 0 bridgehead atoms. The highest BCUT2D eigenvalue weighted by molar-refractivity contribution is 5.98. The van der Waals surface area contributed by atoms with Crippen molar-refractivity contribution in [3.8, 4) is 17.3 Å². The summed E-state index contributed by atoms with van der Waals surface area (Å²) in [4.78, 5) is 32.7. The molecule has 3 aromatic rings. The van der Waals surface area contributed by atoms with E-state index < -0.39 is 5.82 Å². The summed E-state index contributed by atoms with van der Waals surface area (Å²) in [6.45, 7) is 2.84. The van der Waals surface area contributed by atoms with Gasteiger partial charge in [0.25, 0.3) is 5.91 Å². The van der Waals surface area contributed by atoms with Crippen LogP contribution in [0.3, 0.4) is 0 Å². The normalized spacial score (nSPS) is 22.0. The number of likely N-dealkylation sites (tertiary alicyclic amines) is 1. The SMILES string of the molecule is Cc1ccc(-c2ncccn2)c(C(=O)N2CC3C[C@@H]3C[C@H]2COc2ccc(F)cn2)n1.